The molecule has 2 atom stereocenters. The second kappa shape index (κ2) is 10.8. The van der Waals surface area contributed by atoms with E-state index in [1.54, 1.807) is 37.3 Å². The maximum absolute atomic E-state index is 14.1. The third-order valence-corrected chi connectivity index (χ3v) is 7.42. The van der Waals surface area contributed by atoms with Gasteiger partial charge < -0.3 is 16.0 Å². The summed E-state index contributed by atoms with van der Waals surface area (Å²) in [5.41, 5.74) is -1.72. The van der Waals surface area contributed by atoms with Gasteiger partial charge in [-0.3, -0.25) is 14.4 Å². The highest BCUT2D eigenvalue weighted by atomic mass is 19.4. The first kappa shape index (κ1) is 28.5. The van der Waals surface area contributed by atoms with Crippen molar-refractivity contribution in [3.05, 3.63) is 113 Å². The van der Waals surface area contributed by atoms with E-state index in [4.69, 9.17) is 0 Å². The summed E-state index contributed by atoms with van der Waals surface area (Å²) in [6.45, 7) is 1.72. The fourth-order valence-electron chi connectivity index (χ4n) is 5.43. The highest BCUT2D eigenvalue weighted by Gasteiger charge is 2.54. The maximum atomic E-state index is 14.1. The van der Waals surface area contributed by atoms with E-state index in [9.17, 15) is 31.9 Å². The van der Waals surface area contributed by atoms with Gasteiger partial charge in [0.25, 0.3) is 11.8 Å². The maximum Gasteiger partial charge on any atom is 0.416 e. The third-order valence-electron chi connectivity index (χ3n) is 7.42. The van der Waals surface area contributed by atoms with Crippen LogP contribution in [0.3, 0.4) is 0 Å². The number of benzene rings is 3. The van der Waals surface area contributed by atoms with Crippen LogP contribution in [0.1, 0.15) is 50.9 Å². The predicted molar refractivity (Wildman–Crippen MR) is 146 cm³/mol. The van der Waals surface area contributed by atoms with Crippen molar-refractivity contribution in [3.63, 3.8) is 0 Å². The zero-order chi connectivity index (χ0) is 30.2. The van der Waals surface area contributed by atoms with Gasteiger partial charge in [0.2, 0.25) is 5.91 Å². The Kier molecular flexibility index (Phi) is 7.31. The van der Waals surface area contributed by atoms with Crippen LogP contribution < -0.4 is 16.0 Å². The molecular weight excluding hydrogens is 554 g/mol. The van der Waals surface area contributed by atoms with Gasteiger partial charge in [-0.25, -0.2) is 9.07 Å². The molecule has 1 aromatic heterocycles. The number of aromatic nitrogens is 2. The number of para-hydroxylation sites is 1. The molecule has 0 saturated carbocycles. The number of halogens is 4. The lowest BCUT2D eigenvalue weighted by Gasteiger charge is -2.43. The van der Waals surface area contributed by atoms with E-state index in [2.05, 4.69) is 21.0 Å². The number of fused-ring (bicyclic) bond motifs is 1. The van der Waals surface area contributed by atoms with Crippen LogP contribution in [0.4, 0.5) is 23.4 Å². The zero-order valence-electron chi connectivity index (χ0n) is 22.4. The van der Waals surface area contributed by atoms with Gasteiger partial charge in [-0.15, -0.1) is 0 Å². The molecule has 42 heavy (non-hydrogen) atoms. The number of amides is 3. The van der Waals surface area contributed by atoms with Crippen LogP contribution in [0.25, 0.3) is 5.69 Å². The van der Waals surface area contributed by atoms with Crippen LogP contribution in [0.15, 0.2) is 78.9 Å². The van der Waals surface area contributed by atoms with Crippen molar-refractivity contribution in [2.24, 2.45) is 0 Å². The molecule has 216 valence electrons. The molecule has 0 radical (unpaired) electrons. The first-order valence-corrected chi connectivity index (χ1v) is 13.0. The second-order valence-corrected chi connectivity index (χ2v) is 9.70. The molecule has 3 aromatic carbocycles. The minimum atomic E-state index is -4.69. The molecule has 0 saturated heterocycles. The smallest absolute Gasteiger partial charge is 0.354 e. The third kappa shape index (κ3) is 4.78. The van der Waals surface area contributed by atoms with Crippen molar-refractivity contribution in [3.8, 4) is 5.69 Å². The number of hydrogen-bond acceptors (Lipinski definition) is 4. The minimum Gasteiger partial charge on any atom is -0.354 e. The lowest BCUT2D eigenvalue weighted by molar-refractivity contribution is -0.137. The molecule has 0 aliphatic carbocycles. The number of alkyl halides is 3. The summed E-state index contributed by atoms with van der Waals surface area (Å²) in [7, 11) is 1.41. The van der Waals surface area contributed by atoms with Crippen LogP contribution in [0, 0.1) is 5.82 Å². The van der Waals surface area contributed by atoms with E-state index >= 15 is 0 Å². The molecule has 2 heterocycles. The predicted octanol–water partition coefficient (Wildman–Crippen LogP) is 4.84. The van der Waals surface area contributed by atoms with Crippen LogP contribution in [-0.2, 0) is 16.4 Å². The van der Waals surface area contributed by atoms with Crippen LogP contribution in [0.5, 0.6) is 0 Å². The van der Waals surface area contributed by atoms with Gasteiger partial charge >= 0.3 is 6.18 Å². The van der Waals surface area contributed by atoms with Crippen molar-refractivity contribution in [1.29, 1.82) is 0 Å². The minimum absolute atomic E-state index is 0.0548. The Balaban J connectivity index is 1.74. The number of hydrogen-bond donors (Lipinski definition) is 3. The molecule has 4 aromatic rings. The molecule has 2 unspecified atom stereocenters. The van der Waals surface area contributed by atoms with Crippen molar-refractivity contribution in [1.82, 2.24) is 20.4 Å². The Morgan fingerprint density at radius 2 is 1.69 bits per heavy atom. The topological polar surface area (TPSA) is 105 Å². The Bertz CT molecular complexity index is 1670. The fraction of sp³-hybridized carbons (Fsp3) is 0.200. The van der Waals surface area contributed by atoms with Crippen LogP contribution in [-0.4, -0.2) is 40.6 Å². The van der Waals surface area contributed by atoms with Gasteiger partial charge in [0.15, 0.2) is 5.69 Å². The molecule has 1 aliphatic rings. The fourth-order valence-corrected chi connectivity index (χ4v) is 5.43. The van der Waals surface area contributed by atoms with Crippen molar-refractivity contribution < 1.29 is 31.9 Å². The highest BCUT2D eigenvalue weighted by molar-refractivity contribution is 6.07. The summed E-state index contributed by atoms with van der Waals surface area (Å²) in [4.78, 5) is 40.5. The molecule has 3 N–H and O–H groups in total. The number of nitrogens with one attached hydrogen (secondary N) is 3. The van der Waals surface area contributed by atoms with Crippen LogP contribution >= 0.6 is 0 Å². The van der Waals surface area contributed by atoms with Gasteiger partial charge in [0, 0.05) is 18.2 Å². The van der Waals surface area contributed by atoms with E-state index < -0.39 is 46.7 Å². The Morgan fingerprint density at radius 1 is 1.00 bits per heavy atom. The summed E-state index contributed by atoms with van der Waals surface area (Å²) >= 11 is 0. The normalized spacial score (nSPS) is 18.1. The van der Waals surface area contributed by atoms with Crippen molar-refractivity contribution >= 4 is 23.5 Å². The molecule has 12 heteroatoms. The molecule has 0 spiro atoms. The SMILES string of the molecule is CCC1(c2ccc(F)cc2)c2c(C(=O)NC)nn(-c3ccccc3)c2NC(=O)C1NC(=O)c1cccc(C(F)(F)F)c1. The number of nitrogens with zero attached hydrogens (tertiary/aromatic N) is 2. The van der Waals surface area contributed by atoms with E-state index in [1.165, 1.54) is 42.1 Å². The van der Waals surface area contributed by atoms with Crippen molar-refractivity contribution in [2.45, 2.75) is 31.0 Å². The van der Waals surface area contributed by atoms with Gasteiger partial charge in [-0.05, 0) is 54.4 Å². The average Bonchev–Trinajstić information content (AvgIpc) is 3.37. The van der Waals surface area contributed by atoms with Crippen molar-refractivity contribution in [2.75, 3.05) is 12.4 Å². The van der Waals surface area contributed by atoms with Gasteiger partial charge in [-0.1, -0.05) is 43.3 Å². The van der Waals surface area contributed by atoms with E-state index in [-0.39, 0.29) is 29.1 Å². The number of rotatable bonds is 6. The monoisotopic (exact) mass is 579 g/mol. The van der Waals surface area contributed by atoms with Gasteiger partial charge in [0.05, 0.1) is 16.7 Å². The Morgan fingerprint density at radius 3 is 2.31 bits per heavy atom. The average molecular weight is 580 g/mol. The first-order valence-electron chi connectivity index (χ1n) is 13.0. The molecule has 0 fully saturated rings. The highest BCUT2D eigenvalue weighted by Crippen LogP contribution is 2.48. The molecule has 1 aliphatic heterocycles. The first-order chi connectivity index (χ1) is 20.0. The van der Waals surface area contributed by atoms with Gasteiger partial charge in [-0.2, -0.15) is 18.3 Å². The summed E-state index contributed by atoms with van der Waals surface area (Å²) < 4.78 is 55.6. The molecule has 0 bridgehead atoms. The molecule has 3 amide bonds. The standard InChI is InChI=1S/C30H25F4N5O3/c1-3-29(18-12-14-20(31)15-13-18)22-23(27(41)35-2)38-39(21-10-5-4-6-11-21)25(22)37-28(42)24(29)36-26(40)17-8-7-9-19(16-17)30(32,33)34/h4-16,24H,3H2,1-2H3,(H,35,41)(H,36,40)(H,37,42). The lowest BCUT2D eigenvalue weighted by Crippen LogP contribution is -2.60. The number of carbonyl (C=O) groups is 3. The summed E-state index contributed by atoms with van der Waals surface area (Å²) in [6.07, 6.45) is -4.58. The molecule has 8 nitrogen and oxygen atoms in total. The van der Waals surface area contributed by atoms with E-state index in [1.807, 2.05) is 0 Å². The van der Waals surface area contributed by atoms with Gasteiger partial charge in [0.1, 0.15) is 17.7 Å². The summed E-state index contributed by atoms with van der Waals surface area (Å²) in [6, 6.07) is 16.4. The summed E-state index contributed by atoms with van der Waals surface area (Å²) in [5, 5.41) is 12.5. The quantitative estimate of drug-likeness (QED) is 0.285. The van der Waals surface area contributed by atoms with E-state index in [0.717, 1.165) is 12.1 Å². The number of carbonyl (C=O) groups excluding carboxylic acids is 3. The lowest BCUT2D eigenvalue weighted by atomic mass is 9.65. The van der Waals surface area contributed by atoms with E-state index in [0.29, 0.717) is 17.3 Å². The second-order valence-electron chi connectivity index (χ2n) is 9.70. The Hall–Kier alpha value is -5.00. The number of anilines is 1. The summed E-state index contributed by atoms with van der Waals surface area (Å²) in [5.74, 6) is -2.61. The zero-order valence-corrected chi connectivity index (χ0v) is 22.4. The molecular formula is C30H25F4N5O3. The Labute approximate surface area is 237 Å². The van der Waals surface area contributed by atoms with Crippen LogP contribution in [0.2, 0.25) is 0 Å². The largest absolute Gasteiger partial charge is 0.416 e. The molecule has 5 rings (SSSR count).